The van der Waals surface area contributed by atoms with E-state index in [1.807, 2.05) is 0 Å². The second-order valence-corrected chi connectivity index (χ2v) is 6.19. The maximum atomic E-state index is 10.6. The van der Waals surface area contributed by atoms with E-state index in [1.54, 1.807) is 0 Å². The Morgan fingerprint density at radius 1 is 1.00 bits per heavy atom. The summed E-state index contributed by atoms with van der Waals surface area (Å²) in [7, 11) is 0. The summed E-state index contributed by atoms with van der Waals surface area (Å²) in [5.74, 6) is -0.173. The van der Waals surface area contributed by atoms with Gasteiger partial charge in [0.2, 0.25) is 5.91 Å². The first-order chi connectivity index (χ1) is 10.2. The molecule has 2 N–H and O–H groups in total. The Kier molecular flexibility index (Phi) is 10.2. The molecule has 0 aromatic carbocycles. The van der Waals surface area contributed by atoms with Gasteiger partial charge in [0.1, 0.15) is 0 Å². The van der Waals surface area contributed by atoms with Gasteiger partial charge in [-0.1, -0.05) is 57.6 Å². The Hall–Kier alpha value is -0.830. The number of amides is 1. The van der Waals surface area contributed by atoms with E-state index < -0.39 is 0 Å². The Morgan fingerprint density at radius 3 is 2.52 bits per heavy atom. The number of hydrogen-bond donors (Lipinski definition) is 1. The fourth-order valence-corrected chi connectivity index (χ4v) is 2.68. The van der Waals surface area contributed by atoms with Crippen molar-refractivity contribution in [3.8, 4) is 0 Å². The van der Waals surface area contributed by atoms with Crippen LogP contribution in [0.25, 0.3) is 0 Å². The van der Waals surface area contributed by atoms with Crippen molar-refractivity contribution in [1.29, 1.82) is 0 Å². The summed E-state index contributed by atoms with van der Waals surface area (Å²) in [6, 6.07) is 0. The van der Waals surface area contributed by atoms with Crippen LogP contribution in [0, 0.1) is 0 Å². The number of hydrogen-bond acceptors (Lipinski definition) is 2. The van der Waals surface area contributed by atoms with Gasteiger partial charge in [-0.25, -0.2) is 0 Å². The Balaban J connectivity index is 1.81. The molecule has 0 spiro atoms. The maximum Gasteiger partial charge on any atom is 0.217 e. The third-order valence-electron chi connectivity index (χ3n) is 4.11. The number of ether oxygens (including phenoxy) is 1. The Labute approximate surface area is 130 Å². The average Bonchev–Trinajstić information content (AvgIpc) is 3.19. The van der Waals surface area contributed by atoms with Gasteiger partial charge in [0.25, 0.3) is 0 Å². The molecule has 1 aliphatic rings. The second kappa shape index (κ2) is 11.8. The minimum atomic E-state index is -0.173. The van der Waals surface area contributed by atoms with Crippen molar-refractivity contribution in [3.63, 3.8) is 0 Å². The predicted molar refractivity (Wildman–Crippen MR) is 88.1 cm³/mol. The predicted octanol–water partition coefficient (Wildman–Crippen LogP) is 4.50. The van der Waals surface area contributed by atoms with Crippen LogP contribution in [0.15, 0.2) is 12.2 Å². The monoisotopic (exact) mass is 295 g/mol. The van der Waals surface area contributed by atoms with Crippen molar-refractivity contribution in [2.45, 2.75) is 96.2 Å². The largest absolute Gasteiger partial charge is 0.370 e. The number of carbonyl (C=O) groups is 1. The van der Waals surface area contributed by atoms with Gasteiger partial charge in [-0.15, -0.1) is 0 Å². The van der Waals surface area contributed by atoms with Gasteiger partial charge in [0, 0.05) is 6.42 Å². The molecule has 1 heterocycles. The molecule has 122 valence electrons. The molecule has 0 saturated carbocycles. The normalized spacial score (nSPS) is 21.0. The molecule has 0 radical (unpaired) electrons. The number of epoxide rings is 1. The third kappa shape index (κ3) is 10.5. The van der Waals surface area contributed by atoms with E-state index in [9.17, 15) is 4.79 Å². The lowest BCUT2D eigenvalue weighted by Crippen LogP contribution is -2.09. The van der Waals surface area contributed by atoms with E-state index >= 15 is 0 Å². The molecule has 1 saturated heterocycles. The summed E-state index contributed by atoms with van der Waals surface area (Å²) < 4.78 is 5.67. The van der Waals surface area contributed by atoms with E-state index in [1.165, 1.54) is 51.4 Å². The van der Waals surface area contributed by atoms with E-state index in [0.717, 1.165) is 19.3 Å². The van der Waals surface area contributed by atoms with Gasteiger partial charge in [-0.05, 0) is 32.1 Å². The minimum absolute atomic E-state index is 0.173. The van der Waals surface area contributed by atoms with Crippen LogP contribution in [-0.4, -0.2) is 18.1 Å². The zero-order valence-electron chi connectivity index (χ0n) is 13.7. The Bertz CT molecular complexity index is 302. The standard InChI is InChI=1S/C18H33NO2/c1-2-3-10-13-16-17(21-16)14-11-8-6-4-5-7-9-12-15-18(19)20/h8,11,16-17H,2-7,9-10,12-15H2,1H3,(H2,19,20)/b11-8-/t16-,17+/m1/s1. The molecule has 0 aromatic heterocycles. The van der Waals surface area contributed by atoms with Crippen LogP contribution in [0.1, 0.15) is 84.0 Å². The molecule has 0 aromatic rings. The van der Waals surface area contributed by atoms with Crippen molar-refractivity contribution in [3.05, 3.63) is 12.2 Å². The lowest BCUT2D eigenvalue weighted by atomic mass is 10.1. The number of allylic oxidation sites excluding steroid dienone is 1. The highest BCUT2D eigenvalue weighted by Gasteiger charge is 2.36. The van der Waals surface area contributed by atoms with Crippen molar-refractivity contribution in [1.82, 2.24) is 0 Å². The highest BCUT2D eigenvalue weighted by Crippen LogP contribution is 2.30. The van der Waals surface area contributed by atoms with E-state index in [4.69, 9.17) is 10.5 Å². The smallest absolute Gasteiger partial charge is 0.217 e. The van der Waals surface area contributed by atoms with E-state index in [2.05, 4.69) is 19.1 Å². The molecule has 1 amide bonds. The van der Waals surface area contributed by atoms with Gasteiger partial charge in [-0.3, -0.25) is 4.79 Å². The topological polar surface area (TPSA) is 55.6 Å². The molecule has 1 fully saturated rings. The summed E-state index contributed by atoms with van der Waals surface area (Å²) >= 11 is 0. The SMILES string of the molecule is CCCCC[C@H]1O[C@H]1C/C=C\CCCCCCCC(N)=O. The molecular weight excluding hydrogens is 262 g/mol. The number of carbonyl (C=O) groups excluding carboxylic acids is 1. The van der Waals surface area contributed by atoms with Gasteiger partial charge in [-0.2, -0.15) is 0 Å². The van der Waals surface area contributed by atoms with E-state index in [-0.39, 0.29) is 5.91 Å². The van der Waals surface area contributed by atoms with Crippen molar-refractivity contribution >= 4 is 5.91 Å². The molecule has 3 nitrogen and oxygen atoms in total. The van der Waals surface area contributed by atoms with Gasteiger partial charge < -0.3 is 10.5 Å². The number of primary amides is 1. The lowest BCUT2D eigenvalue weighted by Gasteiger charge is -1.98. The summed E-state index contributed by atoms with van der Waals surface area (Å²) in [6.45, 7) is 2.24. The van der Waals surface area contributed by atoms with Gasteiger partial charge in [0.15, 0.2) is 0 Å². The van der Waals surface area contributed by atoms with Crippen LogP contribution in [0.3, 0.4) is 0 Å². The molecule has 1 aliphatic heterocycles. The molecule has 21 heavy (non-hydrogen) atoms. The maximum absolute atomic E-state index is 10.6. The Morgan fingerprint density at radius 2 is 1.76 bits per heavy atom. The van der Waals surface area contributed by atoms with Crippen LogP contribution in [0.4, 0.5) is 0 Å². The fraction of sp³-hybridized carbons (Fsp3) is 0.833. The van der Waals surface area contributed by atoms with Crippen LogP contribution in [0.5, 0.6) is 0 Å². The van der Waals surface area contributed by atoms with Crippen LogP contribution in [-0.2, 0) is 9.53 Å². The number of nitrogens with two attached hydrogens (primary N) is 1. The van der Waals surface area contributed by atoms with Crippen LogP contribution >= 0.6 is 0 Å². The third-order valence-corrected chi connectivity index (χ3v) is 4.11. The van der Waals surface area contributed by atoms with Crippen molar-refractivity contribution < 1.29 is 9.53 Å². The highest BCUT2D eigenvalue weighted by atomic mass is 16.6. The lowest BCUT2D eigenvalue weighted by molar-refractivity contribution is -0.118. The summed E-state index contributed by atoms with van der Waals surface area (Å²) in [5, 5.41) is 0. The fourth-order valence-electron chi connectivity index (χ4n) is 2.68. The molecule has 2 atom stereocenters. The zero-order valence-corrected chi connectivity index (χ0v) is 13.7. The van der Waals surface area contributed by atoms with Gasteiger partial charge >= 0.3 is 0 Å². The first-order valence-electron chi connectivity index (χ1n) is 8.82. The second-order valence-electron chi connectivity index (χ2n) is 6.19. The van der Waals surface area contributed by atoms with Crippen LogP contribution in [0.2, 0.25) is 0 Å². The molecule has 1 rings (SSSR count). The zero-order chi connectivity index (χ0) is 15.3. The van der Waals surface area contributed by atoms with E-state index in [0.29, 0.717) is 18.6 Å². The average molecular weight is 295 g/mol. The minimum Gasteiger partial charge on any atom is -0.370 e. The molecule has 0 unspecified atom stereocenters. The summed E-state index contributed by atoms with van der Waals surface area (Å²) in [4.78, 5) is 10.6. The first kappa shape index (κ1) is 18.2. The molecule has 3 heteroatoms. The molecular formula is C18H33NO2. The van der Waals surface area contributed by atoms with Crippen LogP contribution < -0.4 is 5.73 Å². The molecule has 0 aliphatic carbocycles. The van der Waals surface area contributed by atoms with Crippen molar-refractivity contribution in [2.24, 2.45) is 5.73 Å². The summed E-state index contributed by atoms with van der Waals surface area (Å²) in [6.07, 6.45) is 19.4. The highest BCUT2D eigenvalue weighted by molar-refractivity contribution is 5.73. The summed E-state index contributed by atoms with van der Waals surface area (Å²) in [5.41, 5.74) is 5.10. The first-order valence-corrected chi connectivity index (χ1v) is 8.82. The molecule has 0 bridgehead atoms. The number of rotatable bonds is 14. The quantitative estimate of drug-likeness (QED) is 0.291. The number of unbranched alkanes of at least 4 members (excludes halogenated alkanes) is 7. The van der Waals surface area contributed by atoms with Crippen molar-refractivity contribution in [2.75, 3.05) is 0 Å². The van der Waals surface area contributed by atoms with Gasteiger partial charge in [0.05, 0.1) is 12.2 Å².